The molecule has 0 radical (unpaired) electrons. The molecule has 0 aromatic heterocycles. The van der Waals surface area contributed by atoms with E-state index < -0.39 is 0 Å². The summed E-state index contributed by atoms with van der Waals surface area (Å²) < 4.78 is 0.0784. The van der Waals surface area contributed by atoms with Crippen molar-refractivity contribution in [1.82, 2.24) is 0 Å². The molecule has 0 nitrogen and oxygen atoms in total. The van der Waals surface area contributed by atoms with Gasteiger partial charge in [0.2, 0.25) is 0 Å². The van der Waals surface area contributed by atoms with E-state index >= 15 is 0 Å². The van der Waals surface area contributed by atoms with Gasteiger partial charge in [-0.15, -0.1) is 12.6 Å². The summed E-state index contributed by atoms with van der Waals surface area (Å²) in [6.07, 6.45) is 0. The lowest BCUT2D eigenvalue weighted by Gasteiger charge is -2.30. The second-order valence-corrected chi connectivity index (χ2v) is 37.1. The van der Waals surface area contributed by atoms with Gasteiger partial charge in [-0.2, -0.15) is 0 Å². The van der Waals surface area contributed by atoms with E-state index in [-0.39, 0.29) is -1.69 Å². The van der Waals surface area contributed by atoms with Gasteiger partial charge in [0.25, 0.3) is 0 Å². The van der Waals surface area contributed by atoms with Crippen molar-refractivity contribution >= 4 is 216 Å². The van der Waals surface area contributed by atoms with Gasteiger partial charge < -0.3 is 0 Å². The molecule has 0 amide bonds. The lowest BCUT2D eigenvalue weighted by Crippen LogP contribution is -2.16. The van der Waals surface area contributed by atoms with Crippen molar-refractivity contribution < 1.29 is 0 Å². The molecular formula is C9H3I9S. The van der Waals surface area contributed by atoms with E-state index in [2.05, 4.69) is 228 Å². The van der Waals surface area contributed by atoms with Crippen LogP contribution in [0.5, 0.6) is 0 Å². The van der Waals surface area contributed by atoms with Crippen LogP contribution in [0.25, 0.3) is 0 Å². The predicted molar refractivity (Wildman–Crippen MR) is 165 cm³/mol. The van der Waals surface area contributed by atoms with E-state index in [0.29, 0.717) is 0 Å². The van der Waals surface area contributed by atoms with E-state index in [4.69, 9.17) is 0 Å². The van der Waals surface area contributed by atoms with Gasteiger partial charge in [0.15, 0.2) is 0 Å². The molecule has 0 atom stereocenters. The summed E-state index contributed by atoms with van der Waals surface area (Å²) in [6, 6.07) is 4.40. The first-order chi connectivity index (χ1) is 8.24. The standard InChI is InChI=1S/C9H3I9S/c10-7(11,12)4-1-3(19)2-5(8(13,14)15)6(4)9(16,17)18/h1-2,19H. The third-order valence-electron chi connectivity index (χ3n) is 2.02. The summed E-state index contributed by atoms with van der Waals surface area (Å²) in [5, 5.41) is 0. The highest BCUT2D eigenvalue weighted by Gasteiger charge is 2.39. The fourth-order valence-electron chi connectivity index (χ4n) is 1.38. The van der Waals surface area contributed by atoms with Crippen molar-refractivity contribution in [3.8, 4) is 0 Å². The van der Waals surface area contributed by atoms with Gasteiger partial charge in [-0.05, 0) is 232 Å². The van der Waals surface area contributed by atoms with Crippen LogP contribution >= 0.6 is 216 Å². The molecule has 108 valence electrons. The SMILES string of the molecule is Sc1cc(C(I)(I)I)c(C(I)(I)I)c(C(I)(I)I)c1. The lowest BCUT2D eigenvalue weighted by atomic mass is 10.0. The van der Waals surface area contributed by atoms with Crippen LogP contribution in [-0.2, 0) is -1.69 Å². The Balaban J connectivity index is 3.80. The predicted octanol–water partition coefficient (Wildman–Crippen LogP) is 9.22. The number of halogens is 9. The zero-order valence-electron chi connectivity index (χ0n) is 8.50. The zero-order valence-corrected chi connectivity index (χ0v) is 28.8. The van der Waals surface area contributed by atoms with E-state index in [0.717, 1.165) is 4.90 Å². The van der Waals surface area contributed by atoms with Crippen molar-refractivity contribution in [2.24, 2.45) is 0 Å². The molecule has 0 N–H and O–H groups in total. The van der Waals surface area contributed by atoms with Crippen molar-refractivity contribution in [1.29, 1.82) is 0 Å². The van der Waals surface area contributed by atoms with Crippen LogP contribution in [0.2, 0.25) is 0 Å². The van der Waals surface area contributed by atoms with Crippen LogP contribution in [0.1, 0.15) is 16.7 Å². The molecule has 0 unspecified atom stereocenters. The van der Waals surface area contributed by atoms with Gasteiger partial charge in [0, 0.05) is 4.90 Å². The average Bonchev–Trinajstić information content (AvgIpc) is 2.11. The lowest BCUT2D eigenvalue weighted by molar-refractivity contribution is 1.18. The van der Waals surface area contributed by atoms with E-state index in [1.807, 2.05) is 0 Å². The van der Waals surface area contributed by atoms with E-state index in [1.54, 1.807) is 0 Å². The molecule has 0 saturated carbocycles. The molecular weight excluding hydrogens is 1280 g/mol. The third kappa shape index (κ3) is 7.34. The van der Waals surface area contributed by atoms with E-state index in [1.165, 1.54) is 16.7 Å². The molecule has 0 spiro atoms. The molecule has 0 fully saturated rings. The average molecular weight is 1290 g/mol. The van der Waals surface area contributed by atoms with Crippen LogP contribution in [0, 0.1) is 0 Å². The number of hydrogen-bond donors (Lipinski definition) is 1. The smallest absolute Gasteiger partial charge is 0.143 e. The minimum atomic E-state index is 0.0258. The minimum Gasteiger partial charge on any atom is -0.143 e. The molecule has 0 aliphatic heterocycles. The summed E-state index contributed by atoms with van der Waals surface area (Å²) in [5.74, 6) is 0. The summed E-state index contributed by atoms with van der Waals surface area (Å²) >= 11 is 27.1. The van der Waals surface area contributed by atoms with Gasteiger partial charge in [0.1, 0.15) is -1.69 Å². The second-order valence-electron chi connectivity index (χ2n) is 3.41. The minimum absolute atomic E-state index is 0.0258. The molecule has 1 rings (SSSR count). The topological polar surface area (TPSA) is 0 Å². The molecule has 0 saturated heterocycles. The largest absolute Gasteiger partial charge is 0.149 e. The Hall–Kier alpha value is 6.14. The molecule has 0 aliphatic rings. The van der Waals surface area contributed by atoms with Gasteiger partial charge in [0.05, 0.1) is 0 Å². The van der Waals surface area contributed by atoms with Gasteiger partial charge in [-0.1, -0.05) is 0 Å². The quantitative estimate of drug-likeness (QED) is 0.174. The monoisotopic (exact) mass is 1290 g/mol. The Labute approximate surface area is 241 Å². The zero-order chi connectivity index (χ0) is 15.2. The Morgan fingerprint density at radius 2 is 0.947 bits per heavy atom. The van der Waals surface area contributed by atoms with Crippen molar-refractivity contribution in [2.75, 3.05) is 0 Å². The molecule has 10 heteroatoms. The number of hydrogen-bond acceptors (Lipinski definition) is 1. The maximum absolute atomic E-state index is 4.60. The van der Waals surface area contributed by atoms with Crippen LogP contribution in [0.15, 0.2) is 17.0 Å². The maximum Gasteiger partial charge on any atom is 0.149 e. The van der Waals surface area contributed by atoms with Crippen LogP contribution in [-0.4, -0.2) is 0 Å². The van der Waals surface area contributed by atoms with Crippen molar-refractivity contribution in [2.45, 2.75) is 3.20 Å². The van der Waals surface area contributed by atoms with Crippen LogP contribution < -0.4 is 0 Å². The number of alkyl halides is 9. The van der Waals surface area contributed by atoms with Crippen LogP contribution in [0.4, 0.5) is 0 Å². The van der Waals surface area contributed by atoms with Gasteiger partial charge >= 0.3 is 0 Å². The Morgan fingerprint density at radius 1 is 0.632 bits per heavy atom. The molecule has 0 bridgehead atoms. The van der Waals surface area contributed by atoms with Crippen LogP contribution in [0.3, 0.4) is 0 Å². The summed E-state index contributed by atoms with van der Waals surface area (Å²) in [7, 11) is 0. The highest BCUT2D eigenvalue weighted by atomic mass is 127. The number of rotatable bonds is 3. The summed E-state index contributed by atoms with van der Waals surface area (Å²) in [4.78, 5) is 1.03. The number of benzene rings is 1. The summed E-state index contributed by atoms with van der Waals surface area (Å²) in [6.45, 7) is 0. The Morgan fingerprint density at radius 3 is 1.16 bits per heavy atom. The fraction of sp³-hybridized carbons (Fsp3) is 0.333. The van der Waals surface area contributed by atoms with Crippen molar-refractivity contribution in [3.63, 3.8) is 0 Å². The normalized spacial score (nSPS) is 13.8. The molecule has 0 aliphatic carbocycles. The van der Waals surface area contributed by atoms with E-state index in [9.17, 15) is 0 Å². The maximum atomic E-state index is 4.60. The molecule has 1 aromatic carbocycles. The molecule has 0 heterocycles. The van der Waals surface area contributed by atoms with Gasteiger partial charge in [-0.25, -0.2) is 0 Å². The molecule has 19 heavy (non-hydrogen) atoms. The first-order valence-electron chi connectivity index (χ1n) is 4.33. The first-order valence-corrected chi connectivity index (χ1v) is 14.5. The van der Waals surface area contributed by atoms with Crippen molar-refractivity contribution in [3.05, 3.63) is 28.8 Å². The highest BCUT2D eigenvalue weighted by Crippen LogP contribution is 2.60. The first kappa shape index (κ1) is 23.2. The third-order valence-corrected chi connectivity index (χ3v) is 7.38. The van der Waals surface area contributed by atoms with Gasteiger partial charge in [-0.3, -0.25) is 0 Å². The fourth-order valence-corrected chi connectivity index (χ4v) is 5.93. The highest BCUT2D eigenvalue weighted by molar-refractivity contribution is 14.3. The summed E-state index contributed by atoms with van der Waals surface area (Å²) in [5.41, 5.74) is 4.11. The Bertz CT molecular complexity index is 445. The second kappa shape index (κ2) is 8.89. The Kier molecular flexibility index (Phi) is 10.8. The number of thiol groups is 1. The molecule has 1 aromatic rings.